The van der Waals surface area contributed by atoms with E-state index in [1.807, 2.05) is 12.3 Å². The standard InChI is InChI=1S/C13H14N2O/c1-2-4-11-8-15-12(7-10(11)3-1)13-9-16-6-5-14-13/h1-4,7-8,13-14H,5-6,9H2. The minimum Gasteiger partial charge on any atom is -0.378 e. The molecule has 1 fully saturated rings. The summed E-state index contributed by atoms with van der Waals surface area (Å²) in [5, 5.41) is 5.83. The molecule has 2 heterocycles. The maximum absolute atomic E-state index is 5.45. The number of rotatable bonds is 1. The van der Waals surface area contributed by atoms with Crippen LogP contribution in [-0.2, 0) is 4.74 Å². The lowest BCUT2D eigenvalue weighted by Gasteiger charge is -2.23. The zero-order valence-corrected chi connectivity index (χ0v) is 9.02. The predicted octanol–water partition coefficient (Wildman–Crippen LogP) is 1.90. The minimum absolute atomic E-state index is 0.235. The molecule has 1 atom stereocenters. The fourth-order valence-corrected chi connectivity index (χ4v) is 2.05. The minimum atomic E-state index is 0.235. The van der Waals surface area contributed by atoms with E-state index >= 15 is 0 Å². The molecule has 0 bridgehead atoms. The Hall–Kier alpha value is -1.45. The van der Waals surface area contributed by atoms with Gasteiger partial charge in [-0.2, -0.15) is 0 Å². The summed E-state index contributed by atoms with van der Waals surface area (Å²) < 4.78 is 5.45. The maximum Gasteiger partial charge on any atom is 0.0733 e. The highest BCUT2D eigenvalue weighted by molar-refractivity contribution is 5.81. The van der Waals surface area contributed by atoms with E-state index in [0.717, 1.165) is 18.8 Å². The molecule has 82 valence electrons. The molecule has 1 N–H and O–H groups in total. The molecule has 1 aromatic heterocycles. The van der Waals surface area contributed by atoms with Crippen LogP contribution < -0.4 is 5.32 Å². The Morgan fingerprint density at radius 1 is 1.25 bits per heavy atom. The van der Waals surface area contributed by atoms with Crippen LogP contribution in [0.4, 0.5) is 0 Å². The second-order valence-electron chi connectivity index (χ2n) is 4.04. The molecular weight excluding hydrogens is 200 g/mol. The first-order valence-electron chi connectivity index (χ1n) is 5.59. The van der Waals surface area contributed by atoms with Gasteiger partial charge in [-0.15, -0.1) is 0 Å². The molecule has 1 aliphatic rings. The second-order valence-corrected chi connectivity index (χ2v) is 4.04. The first-order chi connectivity index (χ1) is 7.93. The quantitative estimate of drug-likeness (QED) is 0.787. The van der Waals surface area contributed by atoms with Crippen molar-refractivity contribution in [3.63, 3.8) is 0 Å². The van der Waals surface area contributed by atoms with E-state index in [-0.39, 0.29) is 6.04 Å². The van der Waals surface area contributed by atoms with Gasteiger partial charge in [0.05, 0.1) is 24.9 Å². The third kappa shape index (κ3) is 1.79. The molecule has 0 amide bonds. The number of nitrogens with zero attached hydrogens (tertiary/aromatic N) is 1. The number of hydrogen-bond acceptors (Lipinski definition) is 3. The largest absolute Gasteiger partial charge is 0.378 e. The lowest BCUT2D eigenvalue weighted by Crippen LogP contribution is -2.35. The Labute approximate surface area is 94.5 Å². The van der Waals surface area contributed by atoms with Gasteiger partial charge >= 0.3 is 0 Å². The summed E-state index contributed by atoms with van der Waals surface area (Å²) in [4.78, 5) is 4.49. The summed E-state index contributed by atoms with van der Waals surface area (Å²) in [5.41, 5.74) is 1.07. The van der Waals surface area contributed by atoms with Crippen LogP contribution in [0.5, 0.6) is 0 Å². The number of nitrogens with one attached hydrogen (secondary N) is 1. The van der Waals surface area contributed by atoms with Gasteiger partial charge in [-0.1, -0.05) is 24.3 Å². The molecule has 2 aromatic rings. The molecule has 16 heavy (non-hydrogen) atoms. The first-order valence-corrected chi connectivity index (χ1v) is 5.59. The van der Waals surface area contributed by atoms with Crippen LogP contribution in [0.25, 0.3) is 10.8 Å². The summed E-state index contributed by atoms with van der Waals surface area (Å²) in [5.74, 6) is 0. The normalized spacial score (nSPS) is 21.1. The molecule has 0 radical (unpaired) electrons. The van der Waals surface area contributed by atoms with Crippen LogP contribution in [0.2, 0.25) is 0 Å². The van der Waals surface area contributed by atoms with Crippen LogP contribution in [0.3, 0.4) is 0 Å². The number of morpholine rings is 1. The van der Waals surface area contributed by atoms with Crippen molar-refractivity contribution in [2.24, 2.45) is 0 Å². The molecule has 0 aliphatic carbocycles. The van der Waals surface area contributed by atoms with E-state index in [0.29, 0.717) is 6.61 Å². The summed E-state index contributed by atoms with van der Waals surface area (Å²) in [6.07, 6.45) is 1.93. The van der Waals surface area contributed by atoms with Crippen molar-refractivity contribution in [1.82, 2.24) is 10.3 Å². The van der Waals surface area contributed by atoms with Crippen molar-refractivity contribution >= 4 is 10.8 Å². The van der Waals surface area contributed by atoms with E-state index < -0.39 is 0 Å². The SMILES string of the molecule is c1ccc2cc(C3COCCN3)ncc2c1. The maximum atomic E-state index is 5.45. The molecule has 3 nitrogen and oxygen atoms in total. The number of aromatic nitrogens is 1. The van der Waals surface area contributed by atoms with Crippen LogP contribution >= 0.6 is 0 Å². The average molecular weight is 214 g/mol. The molecule has 3 rings (SSSR count). The van der Waals surface area contributed by atoms with Gasteiger partial charge in [-0.05, 0) is 11.5 Å². The molecule has 1 saturated heterocycles. The molecular formula is C13H14N2O. The van der Waals surface area contributed by atoms with Crippen LogP contribution in [0.15, 0.2) is 36.5 Å². The van der Waals surface area contributed by atoms with Crippen molar-refractivity contribution in [3.8, 4) is 0 Å². The Morgan fingerprint density at radius 3 is 2.94 bits per heavy atom. The van der Waals surface area contributed by atoms with E-state index in [2.05, 4.69) is 34.6 Å². The highest BCUT2D eigenvalue weighted by atomic mass is 16.5. The van der Waals surface area contributed by atoms with Crippen molar-refractivity contribution < 1.29 is 4.74 Å². The van der Waals surface area contributed by atoms with Gasteiger partial charge in [0.25, 0.3) is 0 Å². The fraction of sp³-hybridized carbons (Fsp3) is 0.308. The molecule has 3 heteroatoms. The smallest absolute Gasteiger partial charge is 0.0733 e. The Balaban J connectivity index is 1.97. The molecule has 0 saturated carbocycles. The third-order valence-corrected chi connectivity index (χ3v) is 2.93. The molecule has 1 aliphatic heterocycles. The second kappa shape index (κ2) is 4.20. The van der Waals surface area contributed by atoms with Crippen LogP contribution in [0, 0.1) is 0 Å². The monoisotopic (exact) mass is 214 g/mol. The van der Waals surface area contributed by atoms with E-state index in [4.69, 9.17) is 4.74 Å². The number of hydrogen-bond donors (Lipinski definition) is 1. The van der Waals surface area contributed by atoms with Crippen molar-refractivity contribution in [3.05, 3.63) is 42.2 Å². The van der Waals surface area contributed by atoms with Gasteiger partial charge in [0.1, 0.15) is 0 Å². The number of fused-ring (bicyclic) bond motifs is 1. The van der Waals surface area contributed by atoms with Gasteiger partial charge < -0.3 is 10.1 Å². The topological polar surface area (TPSA) is 34.1 Å². The Kier molecular flexibility index (Phi) is 2.56. The van der Waals surface area contributed by atoms with Gasteiger partial charge in [-0.25, -0.2) is 0 Å². The van der Waals surface area contributed by atoms with E-state index in [1.165, 1.54) is 10.8 Å². The van der Waals surface area contributed by atoms with Gasteiger partial charge in [0.15, 0.2) is 0 Å². The zero-order chi connectivity index (χ0) is 10.8. The Morgan fingerprint density at radius 2 is 2.12 bits per heavy atom. The van der Waals surface area contributed by atoms with Crippen LogP contribution in [-0.4, -0.2) is 24.7 Å². The fourth-order valence-electron chi connectivity index (χ4n) is 2.05. The van der Waals surface area contributed by atoms with Gasteiger partial charge in [0.2, 0.25) is 0 Å². The van der Waals surface area contributed by atoms with Crippen molar-refractivity contribution in [2.75, 3.05) is 19.8 Å². The van der Waals surface area contributed by atoms with Crippen molar-refractivity contribution in [1.29, 1.82) is 0 Å². The lowest BCUT2D eigenvalue weighted by atomic mass is 10.1. The highest BCUT2D eigenvalue weighted by Crippen LogP contribution is 2.19. The highest BCUT2D eigenvalue weighted by Gasteiger charge is 2.16. The summed E-state index contributed by atoms with van der Waals surface area (Å²) in [7, 11) is 0. The first kappa shape index (κ1) is 9.75. The predicted molar refractivity (Wildman–Crippen MR) is 63.3 cm³/mol. The third-order valence-electron chi connectivity index (χ3n) is 2.93. The van der Waals surface area contributed by atoms with E-state index in [1.54, 1.807) is 0 Å². The van der Waals surface area contributed by atoms with Crippen molar-refractivity contribution in [2.45, 2.75) is 6.04 Å². The molecule has 1 aromatic carbocycles. The summed E-state index contributed by atoms with van der Waals surface area (Å²) in [6.45, 7) is 2.41. The summed E-state index contributed by atoms with van der Waals surface area (Å²) >= 11 is 0. The van der Waals surface area contributed by atoms with E-state index in [9.17, 15) is 0 Å². The number of benzene rings is 1. The number of pyridine rings is 1. The number of ether oxygens (including phenoxy) is 1. The Bertz CT molecular complexity index is 492. The molecule has 0 spiro atoms. The summed E-state index contributed by atoms with van der Waals surface area (Å²) in [6, 6.07) is 10.7. The lowest BCUT2D eigenvalue weighted by molar-refractivity contribution is 0.0757. The average Bonchev–Trinajstić information content (AvgIpc) is 2.39. The van der Waals surface area contributed by atoms with Gasteiger partial charge in [-0.3, -0.25) is 4.98 Å². The van der Waals surface area contributed by atoms with Crippen LogP contribution in [0.1, 0.15) is 11.7 Å². The molecule has 1 unspecified atom stereocenters. The van der Waals surface area contributed by atoms with Gasteiger partial charge in [0, 0.05) is 18.1 Å². The zero-order valence-electron chi connectivity index (χ0n) is 9.02.